The first-order chi connectivity index (χ1) is 7.37. The molecular weight excluding hydrogens is 256 g/mol. The molecule has 0 aliphatic rings. The largest absolute Gasteiger partial charge is 1.00 e. The molecule has 108 valence electrons. The molecule has 6 heteroatoms. The van der Waals surface area contributed by atoms with E-state index in [2.05, 4.69) is 11.1 Å². The lowest BCUT2D eigenvalue weighted by Crippen LogP contribution is -3.00. The molecule has 1 amide bonds. The zero-order valence-corrected chi connectivity index (χ0v) is 12.8. The van der Waals surface area contributed by atoms with Crippen LogP contribution in [0.2, 0.25) is 0 Å². The van der Waals surface area contributed by atoms with Gasteiger partial charge in [-0.1, -0.05) is 41.5 Å². The van der Waals surface area contributed by atoms with E-state index in [1.165, 1.54) is 0 Å². The van der Waals surface area contributed by atoms with Crippen LogP contribution in [-0.2, 0) is 9.59 Å². The van der Waals surface area contributed by atoms with Crippen molar-refractivity contribution >= 4 is 11.9 Å². The smallest absolute Gasteiger partial charge is 0.326 e. The number of rotatable bonds is 3. The van der Waals surface area contributed by atoms with Crippen molar-refractivity contribution in [1.82, 2.24) is 5.32 Å². The second kappa shape index (κ2) is 6.38. The van der Waals surface area contributed by atoms with Crippen LogP contribution in [0.1, 0.15) is 41.5 Å². The van der Waals surface area contributed by atoms with Crippen LogP contribution in [0.4, 0.5) is 0 Å². The molecular formula is C12H25ClN2O3. The van der Waals surface area contributed by atoms with Crippen molar-refractivity contribution in [2.45, 2.75) is 53.6 Å². The van der Waals surface area contributed by atoms with Crippen LogP contribution < -0.4 is 23.5 Å². The lowest BCUT2D eigenvalue weighted by molar-refractivity contribution is -0.426. The number of nitrogens with one attached hydrogen (secondary N) is 1. The fourth-order valence-corrected chi connectivity index (χ4v) is 1.28. The van der Waals surface area contributed by atoms with Crippen LogP contribution >= 0.6 is 0 Å². The zero-order chi connectivity index (χ0) is 14.0. The third-order valence-corrected chi connectivity index (χ3v) is 2.76. The molecule has 0 saturated carbocycles. The Bertz CT molecular complexity index is 305. The molecule has 0 heterocycles. The average molecular weight is 281 g/mol. The maximum absolute atomic E-state index is 11.9. The summed E-state index contributed by atoms with van der Waals surface area (Å²) in [6, 6.07) is -1.38. The third-order valence-electron chi connectivity index (χ3n) is 2.76. The van der Waals surface area contributed by atoms with Gasteiger partial charge in [-0.3, -0.25) is 4.79 Å². The van der Waals surface area contributed by atoms with Gasteiger partial charge in [-0.25, -0.2) is 4.79 Å². The Kier molecular flexibility index (Phi) is 6.93. The molecule has 0 aromatic heterocycles. The van der Waals surface area contributed by atoms with Gasteiger partial charge in [-0.2, -0.15) is 0 Å². The van der Waals surface area contributed by atoms with E-state index in [0.717, 1.165) is 0 Å². The summed E-state index contributed by atoms with van der Waals surface area (Å²) in [4.78, 5) is 23.0. The van der Waals surface area contributed by atoms with E-state index < -0.39 is 23.5 Å². The van der Waals surface area contributed by atoms with E-state index in [1.54, 1.807) is 20.8 Å². The highest BCUT2D eigenvalue weighted by Gasteiger charge is 2.37. The van der Waals surface area contributed by atoms with Gasteiger partial charge in [0.1, 0.15) is 6.04 Å². The number of quaternary nitrogens is 1. The Morgan fingerprint density at radius 1 is 1.06 bits per heavy atom. The molecule has 0 saturated heterocycles. The minimum atomic E-state index is -1.02. The number of carbonyl (C=O) groups is 2. The molecule has 5 nitrogen and oxygen atoms in total. The van der Waals surface area contributed by atoms with E-state index >= 15 is 0 Å². The van der Waals surface area contributed by atoms with Gasteiger partial charge in [0.25, 0.3) is 5.91 Å². The normalized spacial score (nSPS) is 15.3. The molecule has 2 atom stereocenters. The molecule has 0 fully saturated rings. The second-order valence-corrected chi connectivity index (χ2v) is 6.56. The zero-order valence-electron chi connectivity index (χ0n) is 12.0. The van der Waals surface area contributed by atoms with Gasteiger partial charge in [-0.15, -0.1) is 0 Å². The molecule has 0 unspecified atom stereocenters. The summed E-state index contributed by atoms with van der Waals surface area (Å²) >= 11 is 0. The summed E-state index contributed by atoms with van der Waals surface area (Å²) in [5.41, 5.74) is 2.98. The Hall–Kier alpha value is -0.810. The van der Waals surface area contributed by atoms with Crippen molar-refractivity contribution in [3.05, 3.63) is 0 Å². The minimum absolute atomic E-state index is 0. The molecule has 0 aliphatic heterocycles. The average Bonchev–Trinajstić information content (AvgIpc) is 2.08. The maximum atomic E-state index is 11.9. The summed E-state index contributed by atoms with van der Waals surface area (Å²) in [7, 11) is 0. The molecule has 0 aromatic rings. The summed E-state index contributed by atoms with van der Waals surface area (Å²) in [5.74, 6) is -1.34. The molecule has 5 N–H and O–H groups in total. The van der Waals surface area contributed by atoms with Crippen LogP contribution in [-0.4, -0.2) is 29.1 Å². The fourth-order valence-electron chi connectivity index (χ4n) is 1.28. The van der Waals surface area contributed by atoms with E-state index in [9.17, 15) is 9.59 Å². The van der Waals surface area contributed by atoms with E-state index in [0.29, 0.717) is 0 Å². The monoisotopic (exact) mass is 280 g/mol. The molecule has 0 spiro atoms. The predicted octanol–water partition coefficient (Wildman–Crippen LogP) is -2.74. The van der Waals surface area contributed by atoms with E-state index in [1.807, 2.05) is 20.8 Å². The first-order valence-electron chi connectivity index (χ1n) is 5.73. The third kappa shape index (κ3) is 5.69. The summed E-state index contributed by atoms with van der Waals surface area (Å²) in [6.45, 7) is 11.0. The van der Waals surface area contributed by atoms with Gasteiger partial charge < -0.3 is 28.6 Å². The van der Waals surface area contributed by atoms with Crippen LogP contribution in [0, 0.1) is 10.8 Å². The van der Waals surface area contributed by atoms with Gasteiger partial charge in [0, 0.05) is 5.41 Å². The fraction of sp³-hybridized carbons (Fsp3) is 0.833. The standard InChI is InChI=1S/C12H24N2O3.ClH/c1-11(2,3)7(13)9(15)14-8(10(16)17)12(4,5)6;/h7-8H,13H2,1-6H3,(H,14,15)(H,16,17);1H/t7-,8-;/m1./s1. The Morgan fingerprint density at radius 3 is 1.67 bits per heavy atom. The number of hydrogen-bond acceptors (Lipinski definition) is 2. The highest BCUT2D eigenvalue weighted by Crippen LogP contribution is 2.21. The van der Waals surface area contributed by atoms with Gasteiger partial charge in [0.05, 0.1) is 0 Å². The van der Waals surface area contributed by atoms with Crippen LogP contribution in [0.5, 0.6) is 0 Å². The summed E-state index contributed by atoms with van der Waals surface area (Å²) in [5, 5.41) is 11.7. The number of carbonyl (C=O) groups excluding carboxylic acids is 1. The molecule has 0 radical (unpaired) electrons. The number of carboxylic acid groups (broad SMARTS) is 1. The van der Waals surface area contributed by atoms with E-state index in [4.69, 9.17) is 5.11 Å². The van der Waals surface area contributed by atoms with Crippen molar-refractivity contribution in [2.75, 3.05) is 0 Å². The number of aliphatic carboxylic acids is 1. The predicted molar refractivity (Wildman–Crippen MR) is 65.2 cm³/mol. The molecule has 0 aromatic carbocycles. The number of halogens is 1. The SMILES string of the molecule is CC(C)(C)[C@H]([NH3+])C(=O)N[C@H](C(=O)O)C(C)(C)C.[Cl-]. The second-order valence-electron chi connectivity index (χ2n) is 6.56. The summed E-state index contributed by atoms with van der Waals surface area (Å²) < 4.78 is 0. The number of carboxylic acids is 1. The highest BCUT2D eigenvalue weighted by molar-refractivity contribution is 5.86. The topological polar surface area (TPSA) is 94.0 Å². The van der Waals surface area contributed by atoms with E-state index in [-0.39, 0.29) is 23.7 Å². The van der Waals surface area contributed by atoms with Gasteiger partial charge in [0.15, 0.2) is 6.04 Å². The first-order valence-corrected chi connectivity index (χ1v) is 5.73. The quantitative estimate of drug-likeness (QED) is 0.524. The van der Waals surface area contributed by atoms with Crippen molar-refractivity contribution in [3.8, 4) is 0 Å². The Labute approximate surface area is 115 Å². The van der Waals surface area contributed by atoms with Gasteiger partial charge in [-0.05, 0) is 5.41 Å². The van der Waals surface area contributed by atoms with Gasteiger partial charge in [0.2, 0.25) is 0 Å². The lowest BCUT2D eigenvalue weighted by atomic mass is 9.84. The van der Waals surface area contributed by atoms with Crippen molar-refractivity contribution in [2.24, 2.45) is 10.8 Å². The number of hydrogen-bond donors (Lipinski definition) is 3. The van der Waals surface area contributed by atoms with Crippen molar-refractivity contribution in [3.63, 3.8) is 0 Å². The molecule has 18 heavy (non-hydrogen) atoms. The van der Waals surface area contributed by atoms with Crippen LogP contribution in [0.25, 0.3) is 0 Å². The number of amides is 1. The first kappa shape index (κ1) is 19.5. The van der Waals surface area contributed by atoms with Crippen LogP contribution in [0.15, 0.2) is 0 Å². The highest BCUT2D eigenvalue weighted by atomic mass is 35.5. The maximum Gasteiger partial charge on any atom is 0.326 e. The lowest BCUT2D eigenvalue weighted by Gasteiger charge is -2.30. The Balaban J connectivity index is 0. The molecule has 0 rings (SSSR count). The van der Waals surface area contributed by atoms with Crippen LogP contribution in [0.3, 0.4) is 0 Å². The molecule has 0 aliphatic carbocycles. The van der Waals surface area contributed by atoms with Crippen molar-refractivity contribution in [1.29, 1.82) is 0 Å². The van der Waals surface area contributed by atoms with Crippen molar-refractivity contribution < 1.29 is 32.8 Å². The van der Waals surface area contributed by atoms with Gasteiger partial charge >= 0.3 is 5.97 Å². The molecule has 0 bridgehead atoms. The Morgan fingerprint density at radius 2 is 1.44 bits per heavy atom. The minimum Gasteiger partial charge on any atom is -1.00 e. The summed E-state index contributed by atoms with van der Waals surface area (Å²) in [6.07, 6.45) is 0.